The van der Waals surface area contributed by atoms with Crippen molar-refractivity contribution in [3.63, 3.8) is 0 Å². The topological polar surface area (TPSA) is 59.0 Å². The van der Waals surface area contributed by atoms with Crippen LogP contribution in [0, 0.1) is 13.8 Å². The van der Waals surface area contributed by atoms with Crippen molar-refractivity contribution in [2.75, 3.05) is 0 Å². The van der Waals surface area contributed by atoms with Crippen molar-refractivity contribution in [3.05, 3.63) is 58.9 Å². The molecule has 1 aliphatic carbocycles. The third-order valence-corrected chi connectivity index (χ3v) is 5.52. The minimum atomic E-state index is -0.113. The van der Waals surface area contributed by atoms with E-state index in [1.165, 1.54) is 11.1 Å². The molecule has 5 nitrogen and oxygen atoms in total. The fourth-order valence-electron chi connectivity index (χ4n) is 4.04. The van der Waals surface area contributed by atoms with Crippen LogP contribution in [0.3, 0.4) is 0 Å². The van der Waals surface area contributed by atoms with Gasteiger partial charge < -0.3 is 10.6 Å². The zero-order valence-corrected chi connectivity index (χ0v) is 18.7. The molecule has 29 heavy (non-hydrogen) atoms. The maximum Gasteiger partial charge on any atom is 0.315 e. The molecule has 0 saturated heterocycles. The normalized spacial score (nSPS) is 19.0. The van der Waals surface area contributed by atoms with Crippen molar-refractivity contribution in [1.82, 2.24) is 20.4 Å². The van der Waals surface area contributed by atoms with Gasteiger partial charge in [-0.1, -0.05) is 45.1 Å². The maximum absolute atomic E-state index is 12.0. The number of rotatable bonds is 4. The number of benzene rings is 1. The Morgan fingerprint density at radius 2 is 1.79 bits per heavy atom. The van der Waals surface area contributed by atoms with E-state index in [-0.39, 0.29) is 29.4 Å². The van der Waals surface area contributed by atoms with Gasteiger partial charge in [-0.05, 0) is 57.2 Å². The summed E-state index contributed by atoms with van der Waals surface area (Å²) < 4.78 is 2.04. The SMILES string of the molecule is Cc1nn(-c2ccc(C(C)(C)C)cc2)c(C)c1C1C=CC(NC(=O)NC(C)C)C1. The first kappa shape index (κ1) is 21.2. The molecule has 5 heteroatoms. The smallest absolute Gasteiger partial charge is 0.315 e. The van der Waals surface area contributed by atoms with E-state index in [1.54, 1.807) is 0 Å². The Balaban J connectivity index is 1.77. The molecule has 156 valence electrons. The zero-order chi connectivity index (χ0) is 21.3. The lowest BCUT2D eigenvalue weighted by atomic mass is 9.87. The summed E-state index contributed by atoms with van der Waals surface area (Å²) >= 11 is 0. The van der Waals surface area contributed by atoms with Crippen LogP contribution in [0.1, 0.15) is 69.5 Å². The summed E-state index contributed by atoms with van der Waals surface area (Å²) in [5.74, 6) is 0.266. The third-order valence-electron chi connectivity index (χ3n) is 5.52. The van der Waals surface area contributed by atoms with Gasteiger partial charge in [-0.15, -0.1) is 0 Å². The lowest BCUT2D eigenvalue weighted by Crippen LogP contribution is -2.43. The van der Waals surface area contributed by atoms with Crippen molar-refractivity contribution in [3.8, 4) is 5.69 Å². The highest BCUT2D eigenvalue weighted by atomic mass is 16.2. The second kappa shape index (κ2) is 8.05. The Labute approximate surface area is 174 Å². The molecule has 0 saturated carbocycles. The lowest BCUT2D eigenvalue weighted by Gasteiger charge is -2.19. The number of amides is 2. The van der Waals surface area contributed by atoms with Crippen LogP contribution >= 0.6 is 0 Å². The molecule has 0 fully saturated rings. The summed E-state index contributed by atoms with van der Waals surface area (Å²) in [4.78, 5) is 12.0. The van der Waals surface area contributed by atoms with Gasteiger partial charge in [0.25, 0.3) is 0 Å². The minimum absolute atomic E-state index is 0.0481. The summed E-state index contributed by atoms with van der Waals surface area (Å²) in [6.45, 7) is 14.8. The van der Waals surface area contributed by atoms with Gasteiger partial charge in [-0.3, -0.25) is 0 Å². The molecule has 2 amide bonds. The maximum atomic E-state index is 12.0. The van der Waals surface area contributed by atoms with E-state index < -0.39 is 0 Å². The summed E-state index contributed by atoms with van der Waals surface area (Å²) in [5, 5.41) is 10.8. The van der Waals surface area contributed by atoms with E-state index in [2.05, 4.69) is 81.7 Å². The van der Waals surface area contributed by atoms with Crippen LogP contribution in [0.5, 0.6) is 0 Å². The largest absolute Gasteiger partial charge is 0.336 e. The fraction of sp³-hybridized carbons (Fsp3) is 0.500. The number of nitrogens with one attached hydrogen (secondary N) is 2. The molecule has 1 aromatic carbocycles. The lowest BCUT2D eigenvalue weighted by molar-refractivity contribution is 0.236. The monoisotopic (exact) mass is 394 g/mol. The van der Waals surface area contributed by atoms with Gasteiger partial charge in [0.15, 0.2) is 0 Å². The number of nitrogens with zero attached hydrogens (tertiary/aromatic N) is 2. The molecule has 0 spiro atoms. The fourth-order valence-corrected chi connectivity index (χ4v) is 4.04. The third kappa shape index (κ3) is 4.72. The van der Waals surface area contributed by atoms with E-state index in [9.17, 15) is 4.79 Å². The van der Waals surface area contributed by atoms with Crippen molar-refractivity contribution in [1.29, 1.82) is 0 Å². The Hall–Kier alpha value is -2.56. The molecule has 2 N–H and O–H groups in total. The Morgan fingerprint density at radius 1 is 1.14 bits per heavy atom. The number of carbonyl (C=O) groups is 1. The van der Waals surface area contributed by atoms with E-state index >= 15 is 0 Å². The predicted molar refractivity (Wildman–Crippen MR) is 119 cm³/mol. The van der Waals surface area contributed by atoms with Gasteiger partial charge in [-0.2, -0.15) is 5.10 Å². The average molecular weight is 395 g/mol. The second-order valence-electron chi connectivity index (χ2n) is 9.40. The zero-order valence-electron chi connectivity index (χ0n) is 18.7. The highest BCUT2D eigenvalue weighted by Gasteiger charge is 2.27. The van der Waals surface area contributed by atoms with Crippen LogP contribution < -0.4 is 10.6 Å². The second-order valence-corrected chi connectivity index (χ2v) is 9.40. The minimum Gasteiger partial charge on any atom is -0.336 e. The first-order chi connectivity index (χ1) is 13.6. The van der Waals surface area contributed by atoms with E-state index in [0.29, 0.717) is 0 Å². The molecule has 3 rings (SSSR count). The number of allylic oxidation sites excluding steroid dienone is 1. The number of hydrogen-bond donors (Lipinski definition) is 2. The van der Waals surface area contributed by atoms with E-state index in [0.717, 1.165) is 23.5 Å². The van der Waals surface area contributed by atoms with Crippen LogP contribution in [0.25, 0.3) is 5.69 Å². The first-order valence-electron chi connectivity index (χ1n) is 10.5. The number of hydrogen-bond acceptors (Lipinski definition) is 2. The van der Waals surface area contributed by atoms with Crippen molar-refractivity contribution < 1.29 is 4.79 Å². The van der Waals surface area contributed by atoms with Gasteiger partial charge in [-0.25, -0.2) is 9.48 Å². The van der Waals surface area contributed by atoms with Crippen LogP contribution in [0.15, 0.2) is 36.4 Å². The number of aromatic nitrogens is 2. The standard InChI is InChI=1S/C24H34N4O/c1-15(2)25-23(29)26-20-11-8-18(14-20)22-16(3)27-28(17(22)4)21-12-9-19(10-13-21)24(5,6)7/h8-13,15,18,20H,14H2,1-7H3,(H2,25,26,29). The molecule has 1 heterocycles. The predicted octanol–water partition coefficient (Wildman–Crippen LogP) is 4.91. The molecular formula is C24H34N4O. The van der Waals surface area contributed by atoms with Crippen molar-refractivity contribution in [2.45, 2.75) is 78.3 Å². The Morgan fingerprint density at radius 3 is 2.38 bits per heavy atom. The molecular weight excluding hydrogens is 360 g/mol. The quantitative estimate of drug-likeness (QED) is 0.724. The summed E-state index contributed by atoms with van der Waals surface area (Å²) in [6, 6.07) is 8.74. The van der Waals surface area contributed by atoms with Crippen LogP contribution in [0.2, 0.25) is 0 Å². The first-order valence-corrected chi connectivity index (χ1v) is 10.5. The van der Waals surface area contributed by atoms with Crippen LogP contribution in [0.4, 0.5) is 4.79 Å². The summed E-state index contributed by atoms with van der Waals surface area (Å²) in [5.41, 5.74) is 6.00. The Kier molecular flexibility index (Phi) is 5.87. The molecule has 1 aromatic heterocycles. The molecule has 2 aromatic rings. The van der Waals surface area contributed by atoms with Gasteiger partial charge in [0, 0.05) is 29.3 Å². The molecule has 0 aliphatic heterocycles. The number of aryl methyl sites for hydroxylation is 1. The van der Waals surface area contributed by atoms with Crippen LogP contribution in [-0.4, -0.2) is 27.9 Å². The highest BCUT2D eigenvalue weighted by Crippen LogP contribution is 2.34. The number of carbonyl (C=O) groups excluding carboxylic acids is 1. The van der Waals surface area contributed by atoms with Crippen molar-refractivity contribution in [2.24, 2.45) is 0 Å². The van der Waals surface area contributed by atoms with E-state index in [1.807, 2.05) is 18.5 Å². The van der Waals surface area contributed by atoms with Crippen LogP contribution in [-0.2, 0) is 5.41 Å². The molecule has 2 atom stereocenters. The molecule has 1 aliphatic rings. The van der Waals surface area contributed by atoms with Gasteiger partial charge in [0.2, 0.25) is 0 Å². The van der Waals surface area contributed by atoms with Gasteiger partial charge >= 0.3 is 6.03 Å². The molecule has 0 bridgehead atoms. The van der Waals surface area contributed by atoms with Crippen molar-refractivity contribution >= 4 is 6.03 Å². The molecule has 2 unspecified atom stereocenters. The summed E-state index contributed by atoms with van der Waals surface area (Å²) in [7, 11) is 0. The molecule has 0 radical (unpaired) electrons. The van der Waals surface area contributed by atoms with Gasteiger partial charge in [0.05, 0.1) is 11.4 Å². The van der Waals surface area contributed by atoms with Gasteiger partial charge in [0.1, 0.15) is 0 Å². The highest BCUT2D eigenvalue weighted by molar-refractivity contribution is 5.74. The summed E-state index contributed by atoms with van der Waals surface area (Å²) in [6.07, 6.45) is 5.16. The average Bonchev–Trinajstić information content (AvgIpc) is 3.17. The number of urea groups is 1. The van der Waals surface area contributed by atoms with E-state index in [4.69, 9.17) is 5.10 Å². The Bertz CT molecular complexity index is 900.